The lowest BCUT2D eigenvalue weighted by atomic mass is 10.1. The molecule has 0 spiro atoms. The van der Waals surface area contributed by atoms with Crippen LogP contribution in [0.25, 0.3) is 10.8 Å². The average Bonchev–Trinajstić information content (AvgIpc) is 2.86. The van der Waals surface area contributed by atoms with E-state index in [-0.39, 0.29) is 0 Å². The van der Waals surface area contributed by atoms with Crippen molar-refractivity contribution in [3.05, 3.63) is 58.6 Å². The van der Waals surface area contributed by atoms with E-state index in [2.05, 4.69) is 46.5 Å². The van der Waals surface area contributed by atoms with Gasteiger partial charge in [-0.15, -0.1) is 0 Å². The van der Waals surface area contributed by atoms with Gasteiger partial charge < -0.3 is 0 Å². The second kappa shape index (κ2) is 6.01. The van der Waals surface area contributed by atoms with E-state index in [1.165, 1.54) is 10.8 Å². The minimum atomic E-state index is 0.523. The number of H-pyrrole nitrogens is 1. The van der Waals surface area contributed by atoms with Crippen molar-refractivity contribution in [1.29, 1.82) is 0 Å². The molecule has 1 N–H and O–H groups in total. The summed E-state index contributed by atoms with van der Waals surface area (Å²) < 4.78 is 2.22. The lowest BCUT2D eigenvalue weighted by molar-refractivity contribution is 0.740. The zero-order chi connectivity index (χ0) is 14.7. The van der Waals surface area contributed by atoms with Gasteiger partial charge in [0, 0.05) is 12.0 Å². The van der Waals surface area contributed by atoms with E-state index < -0.39 is 0 Å². The summed E-state index contributed by atoms with van der Waals surface area (Å²) in [5.41, 5.74) is 1.07. The first kappa shape index (κ1) is 13.7. The molecule has 0 aliphatic heterocycles. The molecular formula is C16H16N4S. The summed E-state index contributed by atoms with van der Waals surface area (Å²) in [6.45, 7) is 2.11. The number of hydrogen-bond acceptors (Lipinski definition) is 3. The molecule has 3 aromatic rings. The maximum atomic E-state index is 5.23. The van der Waals surface area contributed by atoms with Crippen molar-refractivity contribution in [1.82, 2.24) is 14.9 Å². The molecular weight excluding hydrogens is 280 g/mol. The number of nitrogens with one attached hydrogen (secondary N) is 1. The van der Waals surface area contributed by atoms with Gasteiger partial charge in [-0.1, -0.05) is 49.4 Å². The summed E-state index contributed by atoms with van der Waals surface area (Å²) in [4.78, 5) is 0. The molecule has 2 aromatic carbocycles. The fourth-order valence-corrected chi connectivity index (χ4v) is 2.51. The zero-order valence-electron chi connectivity index (χ0n) is 11.8. The summed E-state index contributed by atoms with van der Waals surface area (Å²) in [7, 11) is 0. The number of aromatic amines is 1. The number of fused-ring (bicyclic) bond motifs is 1. The molecule has 0 fully saturated rings. The van der Waals surface area contributed by atoms with Crippen LogP contribution in [0.15, 0.2) is 47.6 Å². The maximum absolute atomic E-state index is 5.23. The van der Waals surface area contributed by atoms with Crippen LogP contribution >= 0.6 is 12.2 Å². The lowest BCUT2D eigenvalue weighted by Crippen LogP contribution is -1.98. The Hall–Kier alpha value is -2.27. The Kier molecular flexibility index (Phi) is 3.92. The predicted molar refractivity (Wildman–Crippen MR) is 88.3 cm³/mol. The summed E-state index contributed by atoms with van der Waals surface area (Å²) >= 11 is 5.23. The number of rotatable bonds is 4. The van der Waals surface area contributed by atoms with Crippen molar-refractivity contribution in [2.45, 2.75) is 19.8 Å². The van der Waals surface area contributed by atoms with Gasteiger partial charge in [-0.2, -0.15) is 14.9 Å². The van der Waals surface area contributed by atoms with Gasteiger partial charge in [0.1, 0.15) is 0 Å². The van der Waals surface area contributed by atoms with E-state index >= 15 is 0 Å². The molecule has 0 atom stereocenters. The van der Waals surface area contributed by atoms with Crippen LogP contribution in [0.5, 0.6) is 0 Å². The van der Waals surface area contributed by atoms with Crippen molar-refractivity contribution in [2.24, 2.45) is 5.10 Å². The molecule has 0 aliphatic rings. The number of nitrogens with zero attached hydrogens (tertiary/aromatic N) is 3. The second-order valence-corrected chi connectivity index (χ2v) is 5.21. The lowest BCUT2D eigenvalue weighted by Gasteiger charge is -2.02. The smallest absolute Gasteiger partial charge is 0.216 e. The van der Waals surface area contributed by atoms with Gasteiger partial charge in [-0.05, 0) is 29.4 Å². The van der Waals surface area contributed by atoms with Gasteiger partial charge in [-0.25, -0.2) is 0 Å². The molecule has 1 heterocycles. The fourth-order valence-electron chi connectivity index (χ4n) is 2.31. The highest BCUT2D eigenvalue weighted by molar-refractivity contribution is 7.71. The molecule has 21 heavy (non-hydrogen) atoms. The third-order valence-corrected chi connectivity index (χ3v) is 3.59. The highest BCUT2D eigenvalue weighted by atomic mass is 32.1. The number of benzene rings is 2. The molecule has 0 saturated heterocycles. The fraction of sp³-hybridized carbons (Fsp3) is 0.188. The van der Waals surface area contributed by atoms with Crippen LogP contribution in [0.4, 0.5) is 0 Å². The van der Waals surface area contributed by atoms with Crippen LogP contribution < -0.4 is 0 Å². The number of hydrogen-bond donors (Lipinski definition) is 1. The Morgan fingerprint density at radius 3 is 2.90 bits per heavy atom. The Morgan fingerprint density at radius 1 is 1.24 bits per heavy atom. The Morgan fingerprint density at radius 2 is 2.05 bits per heavy atom. The van der Waals surface area contributed by atoms with Gasteiger partial charge >= 0.3 is 0 Å². The molecule has 0 radical (unpaired) electrons. The molecule has 5 heteroatoms. The first-order chi connectivity index (χ1) is 10.3. The normalized spacial score (nSPS) is 11.5. The van der Waals surface area contributed by atoms with Crippen molar-refractivity contribution in [2.75, 3.05) is 0 Å². The van der Waals surface area contributed by atoms with Crippen molar-refractivity contribution >= 4 is 29.2 Å². The van der Waals surface area contributed by atoms with Crippen LogP contribution in [0.1, 0.15) is 24.7 Å². The van der Waals surface area contributed by atoms with E-state index in [0.717, 1.165) is 24.2 Å². The largest absolute Gasteiger partial charge is 0.250 e. The SMILES string of the molecule is CCCc1n[nH]c(=S)n1/N=C/c1cccc2ccccc12. The molecule has 106 valence electrons. The van der Waals surface area contributed by atoms with E-state index in [1.807, 2.05) is 24.4 Å². The Bertz CT molecular complexity index is 839. The first-order valence-electron chi connectivity index (χ1n) is 6.98. The monoisotopic (exact) mass is 296 g/mol. The summed E-state index contributed by atoms with van der Waals surface area (Å²) in [5, 5.41) is 13.9. The van der Waals surface area contributed by atoms with Crippen LogP contribution in [0.3, 0.4) is 0 Å². The van der Waals surface area contributed by atoms with E-state index in [4.69, 9.17) is 12.2 Å². The van der Waals surface area contributed by atoms with Gasteiger partial charge in [0.05, 0.1) is 6.21 Å². The van der Waals surface area contributed by atoms with Crippen LogP contribution in [0.2, 0.25) is 0 Å². The van der Waals surface area contributed by atoms with Gasteiger partial charge in [0.2, 0.25) is 4.77 Å². The minimum Gasteiger partial charge on any atom is -0.250 e. The minimum absolute atomic E-state index is 0.523. The Balaban J connectivity index is 2.02. The van der Waals surface area contributed by atoms with Gasteiger partial charge in [0.15, 0.2) is 5.82 Å². The van der Waals surface area contributed by atoms with Crippen molar-refractivity contribution < 1.29 is 0 Å². The third-order valence-electron chi connectivity index (χ3n) is 3.33. The van der Waals surface area contributed by atoms with E-state index in [9.17, 15) is 0 Å². The van der Waals surface area contributed by atoms with Crippen LogP contribution in [-0.2, 0) is 6.42 Å². The van der Waals surface area contributed by atoms with Gasteiger partial charge in [-0.3, -0.25) is 5.10 Å². The van der Waals surface area contributed by atoms with Gasteiger partial charge in [0.25, 0.3) is 0 Å². The van der Waals surface area contributed by atoms with Crippen LogP contribution in [-0.4, -0.2) is 21.1 Å². The summed E-state index contributed by atoms with van der Waals surface area (Å²) in [6.07, 6.45) is 3.69. The van der Waals surface area contributed by atoms with E-state index in [1.54, 1.807) is 4.68 Å². The topological polar surface area (TPSA) is 46.0 Å². The number of aryl methyl sites for hydroxylation is 1. The molecule has 0 amide bonds. The molecule has 3 rings (SSSR count). The predicted octanol–water partition coefficient (Wildman–Crippen LogP) is 3.93. The third kappa shape index (κ3) is 2.78. The van der Waals surface area contributed by atoms with Crippen molar-refractivity contribution in [3.63, 3.8) is 0 Å². The Labute approximate surface area is 128 Å². The molecule has 0 saturated carbocycles. The first-order valence-corrected chi connectivity index (χ1v) is 7.39. The molecule has 0 bridgehead atoms. The standard InChI is InChI=1S/C16H16N4S/c1-2-6-15-18-19-16(21)20(15)17-11-13-9-5-8-12-7-3-4-10-14(12)13/h3-5,7-11H,2,6H2,1H3,(H,19,21)/b17-11+. The maximum Gasteiger partial charge on any atom is 0.216 e. The quantitative estimate of drug-likeness (QED) is 0.585. The van der Waals surface area contributed by atoms with Crippen molar-refractivity contribution in [3.8, 4) is 0 Å². The van der Waals surface area contributed by atoms with E-state index in [0.29, 0.717) is 4.77 Å². The molecule has 1 aromatic heterocycles. The zero-order valence-corrected chi connectivity index (χ0v) is 12.6. The summed E-state index contributed by atoms with van der Waals surface area (Å²) in [6, 6.07) is 14.4. The molecule has 4 nitrogen and oxygen atoms in total. The highest BCUT2D eigenvalue weighted by Crippen LogP contribution is 2.17. The van der Waals surface area contributed by atoms with Crippen LogP contribution in [0, 0.1) is 4.77 Å². The highest BCUT2D eigenvalue weighted by Gasteiger charge is 2.03. The second-order valence-electron chi connectivity index (χ2n) is 4.82. The average molecular weight is 296 g/mol. The molecule has 0 aliphatic carbocycles. The molecule has 0 unspecified atom stereocenters. The number of aromatic nitrogens is 3. The summed E-state index contributed by atoms with van der Waals surface area (Å²) in [5.74, 6) is 0.860.